The van der Waals surface area contributed by atoms with Crippen molar-refractivity contribution in [1.82, 2.24) is 0 Å². The lowest BCUT2D eigenvalue weighted by Crippen LogP contribution is -1.99. The molecule has 76 valence electrons. The number of benzene rings is 1. The fraction of sp³-hybridized carbons (Fsp3) is 0.333. The second kappa shape index (κ2) is 3.51. The SMILES string of the molecule is O=S(=O)(Cl)C1CC1c1ccc(Br)cc1. The quantitative estimate of drug-likeness (QED) is 0.786. The van der Waals surface area contributed by atoms with E-state index in [1.165, 1.54) is 0 Å². The molecule has 0 aromatic heterocycles. The third-order valence-electron chi connectivity index (χ3n) is 2.39. The van der Waals surface area contributed by atoms with Gasteiger partial charge in [-0.2, -0.15) is 0 Å². The minimum absolute atomic E-state index is 0.0885. The van der Waals surface area contributed by atoms with E-state index in [4.69, 9.17) is 10.7 Å². The molecule has 2 unspecified atom stereocenters. The molecule has 1 aromatic carbocycles. The van der Waals surface area contributed by atoms with Crippen LogP contribution in [0.15, 0.2) is 28.7 Å². The highest BCUT2D eigenvalue weighted by Crippen LogP contribution is 2.47. The molecule has 1 aliphatic rings. The molecular formula is C9H8BrClO2S. The summed E-state index contributed by atoms with van der Waals surface area (Å²) in [5, 5.41) is -0.384. The second-order valence-corrected chi connectivity index (χ2v) is 7.17. The Kier molecular flexibility index (Phi) is 2.62. The molecule has 0 amide bonds. The van der Waals surface area contributed by atoms with Crippen LogP contribution in [-0.4, -0.2) is 13.7 Å². The summed E-state index contributed by atoms with van der Waals surface area (Å²) >= 11 is 3.33. The Bertz CT molecular complexity index is 440. The highest BCUT2D eigenvalue weighted by molar-refractivity contribution is 9.10. The van der Waals surface area contributed by atoms with Gasteiger partial charge < -0.3 is 0 Å². The van der Waals surface area contributed by atoms with E-state index in [9.17, 15) is 8.42 Å². The zero-order valence-electron chi connectivity index (χ0n) is 7.15. The van der Waals surface area contributed by atoms with Crippen LogP contribution >= 0.6 is 26.6 Å². The maximum Gasteiger partial charge on any atom is 0.236 e. The molecule has 1 fully saturated rings. The lowest BCUT2D eigenvalue weighted by Gasteiger charge is -1.98. The van der Waals surface area contributed by atoms with Crippen LogP contribution in [0.5, 0.6) is 0 Å². The van der Waals surface area contributed by atoms with E-state index in [1.54, 1.807) is 0 Å². The first-order valence-electron chi connectivity index (χ1n) is 4.17. The van der Waals surface area contributed by atoms with Crippen LogP contribution in [0.3, 0.4) is 0 Å². The van der Waals surface area contributed by atoms with Crippen LogP contribution in [0, 0.1) is 0 Å². The third kappa shape index (κ3) is 2.12. The largest absolute Gasteiger partial charge is 0.236 e. The van der Waals surface area contributed by atoms with Crippen LogP contribution < -0.4 is 0 Å². The molecule has 0 N–H and O–H groups in total. The maximum atomic E-state index is 11.0. The standard InChI is InChI=1S/C9H8BrClO2S/c10-7-3-1-6(2-4-7)8-5-9(8)14(11,12)13/h1-4,8-9H,5H2. The molecular weight excluding hydrogens is 288 g/mol. The molecule has 0 bridgehead atoms. The summed E-state index contributed by atoms with van der Waals surface area (Å²) in [7, 11) is 1.89. The van der Waals surface area contributed by atoms with Crippen molar-refractivity contribution in [2.45, 2.75) is 17.6 Å². The molecule has 1 aromatic rings. The van der Waals surface area contributed by atoms with Gasteiger partial charge in [-0.05, 0) is 24.1 Å². The first kappa shape index (κ1) is 10.5. The van der Waals surface area contributed by atoms with Crippen molar-refractivity contribution < 1.29 is 8.42 Å². The number of hydrogen-bond acceptors (Lipinski definition) is 2. The summed E-state index contributed by atoms with van der Waals surface area (Å²) in [6.45, 7) is 0. The smallest absolute Gasteiger partial charge is 0.212 e. The molecule has 1 saturated carbocycles. The van der Waals surface area contributed by atoms with Gasteiger partial charge in [-0.1, -0.05) is 28.1 Å². The van der Waals surface area contributed by atoms with Crippen molar-refractivity contribution in [3.05, 3.63) is 34.3 Å². The van der Waals surface area contributed by atoms with Gasteiger partial charge in [0.05, 0.1) is 5.25 Å². The van der Waals surface area contributed by atoms with Gasteiger partial charge in [0.2, 0.25) is 9.05 Å². The van der Waals surface area contributed by atoms with Gasteiger partial charge in [0, 0.05) is 21.1 Å². The van der Waals surface area contributed by atoms with Crippen molar-refractivity contribution in [3.8, 4) is 0 Å². The molecule has 0 radical (unpaired) electrons. The Labute approximate surface area is 95.8 Å². The van der Waals surface area contributed by atoms with E-state index in [2.05, 4.69) is 15.9 Å². The van der Waals surface area contributed by atoms with Crippen molar-refractivity contribution in [2.75, 3.05) is 0 Å². The predicted octanol–water partition coefficient (Wildman–Crippen LogP) is 2.87. The van der Waals surface area contributed by atoms with Crippen LogP contribution in [-0.2, 0) is 9.05 Å². The Balaban J connectivity index is 2.18. The van der Waals surface area contributed by atoms with Gasteiger partial charge in [0.1, 0.15) is 0 Å². The Morgan fingerprint density at radius 1 is 1.29 bits per heavy atom. The molecule has 2 rings (SSSR count). The Morgan fingerprint density at radius 3 is 2.29 bits per heavy atom. The molecule has 14 heavy (non-hydrogen) atoms. The molecule has 1 aliphatic carbocycles. The lowest BCUT2D eigenvalue weighted by atomic mass is 10.1. The average molecular weight is 296 g/mol. The van der Waals surface area contributed by atoms with Crippen LogP contribution in [0.25, 0.3) is 0 Å². The molecule has 0 heterocycles. The van der Waals surface area contributed by atoms with E-state index < -0.39 is 9.05 Å². The van der Waals surface area contributed by atoms with Gasteiger partial charge in [-0.15, -0.1) is 0 Å². The second-order valence-electron chi connectivity index (χ2n) is 3.41. The number of halogens is 2. The number of rotatable bonds is 2. The zero-order chi connectivity index (χ0) is 10.3. The minimum atomic E-state index is -3.38. The van der Waals surface area contributed by atoms with Crippen molar-refractivity contribution in [1.29, 1.82) is 0 Å². The molecule has 5 heteroatoms. The molecule has 0 spiro atoms. The van der Waals surface area contributed by atoms with E-state index in [1.807, 2.05) is 24.3 Å². The van der Waals surface area contributed by atoms with Gasteiger partial charge in [-0.3, -0.25) is 0 Å². The lowest BCUT2D eigenvalue weighted by molar-refractivity contribution is 0.607. The molecule has 2 atom stereocenters. The van der Waals surface area contributed by atoms with Gasteiger partial charge in [0.15, 0.2) is 0 Å². The van der Waals surface area contributed by atoms with Crippen molar-refractivity contribution in [3.63, 3.8) is 0 Å². The zero-order valence-corrected chi connectivity index (χ0v) is 10.3. The fourth-order valence-corrected chi connectivity index (χ4v) is 3.39. The highest BCUT2D eigenvalue weighted by atomic mass is 79.9. The minimum Gasteiger partial charge on any atom is -0.212 e. The first-order chi connectivity index (χ1) is 6.48. The van der Waals surface area contributed by atoms with E-state index in [0.717, 1.165) is 10.0 Å². The topological polar surface area (TPSA) is 34.1 Å². The van der Waals surface area contributed by atoms with Crippen LogP contribution in [0.2, 0.25) is 0 Å². The monoisotopic (exact) mass is 294 g/mol. The summed E-state index contributed by atoms with van der Waals surface area (Å²) in [4.78, 5) is 0. The van der Waals surface area contributed by atoms with Gasteiger partial charge >= 0.3 is 0 Å². The van der Waals surface area contributed by atoms with E-state index in [-0.39, 0.29) is 11.2 Å². The summed E-state index contributed by atoms with van der Waals surface area (Å²) in [5.41, 5.74) is 1.04. The first-order valence-corrected chi connectivity index (χ1v) is 7.34. The molecule has 2 nitrogen and oxygen atoms in total. The molecule has 0 saturated heterocycles. The van der Waals surface area contributed by atoms with Gasteiger partial charge in [0.25, 0.3) is 0 Å². The van der Waals surface area contributed by atoms with Gasteiger partial charge in [-0.25, -0.2) is 8.42 Å². The predicted molar refractivity (Wildman–Crippen MR) is 60.1 cm³/mol. The summed E-state index contributed by atoms with van der Waals surface area (Å²) < 4.78 is 23.0. The van der Waals surface area contributed by atoms with E-state index >= 15 is 0 Å². The number of hydrogen-bond donors (Lipinski definition) is 0. The van der Waals surface area contributed by atoms with Crippen molar-refractivity contribution in [2.24, 2.45) is 0 Å². The summed E-state index contributed by atoms with van der Waals surface area (Å²) in [5.74, 6) is 0.0885. The Morgan fingerprint density at radius 2 is 1.86 bits per heavy atom. The van der Waals surface area contributed by atoms with Crippen LogP contribution in [0.1, 0.15) is 17.9 Å². The van der Waals surface area contributed by atoms with Crippen molar-refractivity contribution >= 4 is 35.7 Å². The highest BCUT2D eigenvalue weighted by Gasteiger charge is 2.47. The van der Waals surface area contributed by atoms with E-state index in [0.29, 0.717) is 6.42 Å². The maximum absolute atomic E-state index is 11.0. The summed E-state index contributed by atoms with van der Waals surface area (Å²) in [6.07, 6.45) is 0.646. The van der Waals surface area contributed by atoms with Crippen LogP contribution in [0.4, 0.5) is 0 Å². The fourth-order valence-electron chi connectivity index (χ4n) is 1.54. The Hall–Kier alpha value is -0.0600. The molecule has 0 aliphatic heterocycles. The normalized spacial score (nSPS) is 26.1. The summed E-state index contributed by atoms with van der Waals surface area (Å²) in [6, 6.07) is 7.67. The third-order valence-corrected chi connectivity index (χ3v) is 4.85. The average Bonchev–Trinajstić information content (AvgIpc) is 2.83.